The van der Waals surface area contributed by atoms with Crippen LogP contribution in [-0.4, -0.2) is 29.6 Å². The van der Waals surface area contributed by atoms with Crippen LogP contribution in [0.2, 0.25) is 0 Å². The van der Waals surface area contributed by atoms with Crippen LogP contribution in [0.5, 0.6) is 0 Å². The first-order chi connectivity index (χ1) is 6.05. The Morgan fingerprint density at radius 1 is 1.38 bits per heavy atom. The summed E-state index contributed by atoms with van der Waals surface area (Å²) in [5.74, 6) is 0.529. The van der Waals surface area contributed by atoms with Gasteiger partial charge in [0.05, 0.1) is 5.75 Å². The fraction of sp³-hybridized carbons (Fsp3) is 0.900. The van der Waals surface area contributed by atoms with Crippen molar-refractivity contribution in [1.29, 1.82) is 0 Å². The van der Waals surface area contributed by atoms with Gasteiger partial charge in [0, 0.05) is 13.1 Å². The third-order valence-electron chi connectivity index (χ3n) is 2.83. The maximum Gasteiger partial charge on any atom is 0.232 e. The molecule has 1 heterocycles. The quantitative estimate of drug-likeness (QED) is 0.643. The second-order valence-electron chi connectivity index (χ2n) is 4.56. The Bertz CT molecular complexity index is 191. The molecule has 0 aliphatic carbocycles. The Labute approximate surface area is 86.1 Å². The van der Waals surface area contributed by atoms with E-state index in [1.165, 1.54) is 6.42 Å². The molecule has 0 aromatic rings. The maximum absolute atomic E-state index is 11.4. The van der Waals surface area contributed by atoms with Crippen LogP contribution in [0.15, 0.2) is 0 Å². The topological polar surface area (TPSA) is 20.3 Å². The van der Waals surface area contributed by atoms with Gasteiger partial charge in [-0.05, 0) is 24.7 Å². The minimum Gasteiger partial charge on any atom is -0.342 e. The Morgan fingerprint density at radius 3 is 2.69 bits per heavy atom. The van der Waals surface area contributed by atoms with Crippen LogP contribution in [0, 0.1) is 5.41 Å². The Hall–Kier alpha value is -0.180. The van der Waals surface area contributed by atoms with E-state index in [2.05, 4.69) is 26.5 Å². The van der Waals surface area contributed by atoms with Gasteiger partial charge in [-0.25, -0.2) is 0 Å². The molecule has 3 heteroatoms. The number of hydrogen-bond donors (Lipinski definition) is 1. The summed E-state index contributed by atoms with van der Waals surface area (Å²) >= 11 is 4.01. The van der Waals surface area contributed by atoms with E-state index in [1.807, 2.05) is 4.90 Å². The van der Waals surface area contributed by atoms with E-state index in [4.69, 9.17) is 0 Å². The average Bonchev–Trinajstić information content (AvgIpc) is 2.25. The molecule has 1 rings (SSSR count). The van der Waals surface area contributed by atoms with Crippen molar-refractivity contribution in [3.63, 3.8) is 0 Å². The van der Waals surface area contributed by atoms with Crippen LogP contribution >= 0.6 is 12.6 Å². The molecule has 0 unspecified atom stereocenters. The maximum atomic E-state index is 11.4. The zero-order valence-electron chi connectivity index (χ0n) is 8.55. The predicted octanol–water partition coefficient (Wildman–Crippen LogP) is 1.95. The number of carbonyl (C=O) groups is 1. The summed E-state index contributed by atoms with van der Waals surface area (Å²) in [5.41, 5.74) is 0.408. The number of thiol groups is 1. The van der Waals surface area contributed by atoms with E-state index in [-0.39, 0.29) is 5.91 Å². The number of likely N-dealkylation sites (tertiary alicyclic amines) is 1. The van der Waals surface area contributed by atoms with Crippen LogP contribution in [0.4, 0.5) is 0 Å². The van der Waals surface area contributed by atoms with Crippen LogP contribution in [0.25, 0.3) is 0 Å². The van der Waals surface area contributed by atoms with Gasteiger partial charge in [-0.2, -0.15) is 12.6 Å². The smallest absolute Gasteiger partial charge is 0.232 e. The van der Waals surface area contributed by atoms with Gasteiger partial charge in [0.15, 0.2) is 0 Å². The van der Waals surface area contributed by atoms with Crippen molar-refractivity contribution in [1.82, 2.24) is 4.90 Å². The van der Waals surface area contributed by atoms with Crippen LogP contribution in [0.3, 0.4) is 0 Å². The van der Waals surface area contributed by atoms with Gasteiger partial charge in [-0.1, -0.05) is 13.8 Å². The normalized spacial score (nSPS) is 22.5. The van der Waals surface area contributed by atoms with E-state index in [1.54, 1.807) is 0 Å². The average molecular weight is 201 g/mol. The van der Waals surface area contributed by atoms with Gasteiger partial charge in [-0.3, -0.25) is 4.79 Å². The molecule has 0 radical (unpaired) electrons. The van der Waals surface area contributed by atoms with E-state index >= 15 is 0 Å². The standard InChI is InChI=1S/C10H19NOS/c1-10(2)4-3-6-11(7-5-10)9(12)8-13/h13H,3-8H2,1-2H3. The van der Waals surface area contributed by atoms with Crippen LogP contribution < -0.4 is 0 Å². The number of rotatable bonds is 1. The van der Waals surface area contributed by atoms with Crippen LogP contribution in [0.1, 0.15) is 33.1 Å². The fourth-order valence-corrected chi connectivity index (χ4v) is 1.97. The summed E-state index contributed by atoms with van der Waals surface area (Å²) in [6.45, 7) is 6.39. The number of carbonyl (C=O) groups excluding carboxylic acids is 1. The molecule has 1 fully saturated rings. The highest BCUT2D eigenvalue weighted by molar-refractivity contribution is 7.81. The van der Waals surface area contributed by atoms with Crippen molar-refractivity contribution in [3.8, 4) is 0 Å². The lowest BCUT2D eigenvalue weighted by atomic mass is 9.85. The lowest BCUT2D eigenvalue weighted by Gasteiger charge is -2.22. The zero-order valence-corrected chi connectivity index (χ0v) is 9.44. The van der Waals surface area contributed by atoms with Crippen molar-refractivity contribution in [3.05, 3.63) is 0 Å². The molecule has 0 N–H and O–H groups in total. The first-order valence-electron chi connectivity index (χ1n) is 4.94. The molecule has 2 nitrogen and oxygen atoms in total. The van der Waals surface area contributed by atoms with Gasteiger partial charge in [0.2, 0.25) is 5.91 Å². The van der Waals surface area contributed by atoms with Gasteiger partial charge in [-0.15, -0.1) is 0 Å². The zero-order chi connectivity index (χ0) is 9.90. The molecule has 76 valence electrons. The molecule has 0 atom stereocenters. The van der Waals surface area contributed by atoms with Crippen molar-refractivity contribution < 1.29 is 4.79 Å². The second kappa shape index (κ2) is 4.36. The lowest BCUT2D eigenvalue weighted by Crippen LogP contribution is -2.33. The van der Waals surface area contributed by atoms with Gasteiger partial charge in [0.1, 0.15) is 0 Å². The molecule has 1 aliphatic rings. The molecular formula is C10H19NOS. The monoisotopic (exact) mass is 201 g/mol. The molecule has 0 saturated carbocycles. The molecule has 1 amide bonds. The summed E-state index contributed by atoms with van der Waals surface area (Å²) in [4.78, 5) is 13.3. The van der Waals surface area contributed by atoms with Crippen molar-refractivity contribution in [2.24, 2.45) is 5.41 Å². The molecular weight excluding hydrogens is 182 g/mol. The third-order valence-corrected chi connectivity index (χ3v) is 3.10. The third kappa shape index (κ3) is 3.22. The first-order valence-corrected chi connectivity index (χ1v) is 5.57. The minimum atomic E-state index is 0.182. The van der Waals surface area contributed by atoms with E-state index in [0.717, 1.165) is 25.9 Å². The molecule has 0 spiro atoms. The van der Waals surface area contributed by atoms with Crippen molar-refractivity contribution >= 4 is 18.5 Å². The van der Waals surface area contributed by atoms with Crippen LogP contribution in [-0.2, 0) is 4.79 Å². The summed E-state index contributed by atoms with van der Waals surface area (Å²) < 4.78 is 0. The highest BCUT2D eigenvalue weighted by Gasteiger charge is 2.24. The molecule has 0 aromatic carbocycles. The first kappa shape index (κ1) is 10.9. The number of amides is 1. The van der Waals surface area contributed by atoms with Crippen molar-refractivity contribution in [2.45, 2.75) is 33.1 Å². The fourth-order valence-electron chi connectivity index (χ4n) is 1.77. The predicted molar refractivity (Wildman–Crippen MR) is 58.1 cm³/mol. The minimum absolute atomic E-state index is 0.182. The van der Waals surface area contributed by atoms with Crippen molar-refractivity contribution in [2.75, 3.05) is 18.8 Å². The lowest BCUT2D eigenvalue weighted by molar-refractivity contribution is -0.128. The summed E-state index contributed by atoms with van der Waals surface area (Å²) in [6, 6.07) is 0. The number of nitrogens with zero attached hydrogens (tertiary/aromatic N) is 1. The second-order valence-corrected chi connectivity index (χ2v) is 4.87. The molecule has 0 bridgehead atoms. The SMILES string of the molecule is CC1(C)CCCN(C(=O)CS)CC1. The Morgan fingerprint density at radius 2 is 2.08 bits per heavy atom. The molecule has 13 heavy (non-hydrogen) atoms. The Kier molecular flexibility index (Phi) is 3.65. The molecule has 1 saturated heterocycles. The largest absolute Gasteiger partial charge is 0.342 e. The van der Waals surface area contributed by atoms with Gasteiger partial charge < -0.3 is 4.90 Å². The molecule has 1 aliphatic heterocycles. The van der Waals surface area contributed by atoms with Gasteiger partial charge in [0.25, 0.3) is 0 Å². The van der Waals surface area contributed by atoms with E-state index in [9.17, 15) is 4.79 Å². The Balaban J connectivity index is 2.49. The van der Waals surface area contributed by atoms with E-state index < -0.39 is 0 Å². The van der Waals surface area contributed by atoms with E-state index in [0.29, 0.717) is 11.2 Å². The summed E-state index contributed by atoms with van der Waals surface area (Å²) in [7, 11) is 0. The van der Waals surface area contributed by atoms with Gasteiger partial charge >= 0.3 is 0 Å². The highest BCUT2D eigenvalue weighted by Crippen LogP contribution is 2.29. The molecule has 0 aromatic heterocycles. The number of hydrogen-bond acceptors (Lipinski definition) is 2. The highest BCUT2D eigenvalue weighted by atomic mass is 32.1. The summed E-state index contributed by atoms with van der Waals surface area (Å²) in [6.07, 6.45) is 3.47. The summed E-state index contributed by atoms with van der Waals surface area (Å²) in [5, 5.41) is 0.